The number of rotatable bonds is 2. The van der Waals surface area contributed by atoms with E-state index in [2.05, 4.69) is 15.7 Å². The van der Waals surface area contributed by atoms with Crippen LogP contribution in [0.1, 0.15) is 48.7 Å². The Labute approximate surface area is 235 Å². The van der Waals surface area contributed by atoms with E-state index in [0.717, 1.165) is 5.56 Å². The van der Waals surface area contributed by atoms with Crippen molar-refractivity contribution in [2.24, 2.45) is 7.05 Å². The highest BCUT2D eigenvalue weighted by Gasteiger charge is 2.21. The molecule has 0 spiro atoms. The van der Waals surface area contributed by atoms with Gasteiger partial charge < -0.3 is 29.9 Å². The Balaban J connectivity index is 1.72. The molecule has 12 heteroatoms. The van der Waals surface area contributed by atoms with Crippen LogP contribution >= 0.6 is 0 Å². The highest BCUT2D eigenvalue weighted by Crippen LogP contribution is 2.28. The van der Waals surface area contributed by atoms with E-state index in [9.17, 15) is 19.2 Å². The lowest BCUT2D eigenvalue weighted by atomic mass is 10.1. The number of ether oxygens (including phenoxy) is 2. The molecule has 0 unspecified atom stereocenters. The maximum absolute atomic E-state index is 13.2. The Hall–Kier alpha value is -4.09. The van der Waals surface area contributed by atoms with E-state index in [1.807, 2.05) is 6.07 Å². The van der Waals surface area contributed by atoms with Crippen molar-refractivity contribution in [1.82, 2.24) is 30.2 Å². The summed E-state index contributed by atoms with van der Waals surface area (Å²) in [6, 6.07) is 6.28. The molecule has 1 aromatic carbocycles. The molecule has 2 N–H and O–H groups in total. The van der Waals surface area contributed by atoms with Gasteiger partial charge in [0.05, 0.1) is 7.11 Å². The van der Waals surface area contributed by atoms with Gasteiger partial charge in [-0.15, -0.1) is 0 Å². The number of carbonyl (C=O) groups is 4. The summed E-state index contributed by atoms with van der Waals surface area (Å²) >= 11 is 0. The van der Waals surface area contributed by atoms with Crippen molar-refractivity contribution in [3.05, 3.63) is 41.7 Å². The number of amides is 4. The second-order valence-electron chi connectivity index (χ2n) is 9.87. The van der Waals surface area contributed by atoms with Crippen LogP contribution in [0.5, 0.6) is 11.5 Å². The molecule has 12 nitrogen and oxygen atoms in total. The van der Waals surface area contributed by atoms with Gasteiger partial charge >= 0.3 is 0 Å². The average molecular weight is 557 g/mol. The number of methoxy groups -OCH3 is 1. The van der Waals surface area contributed by atoms with Gasteiger partial charge in [-0.1, -0.05) is 6.07 Å². The van der Waals surface area contributed by atoms with E-state index >= 15 is 0 Å². The lowest BCUT2D eigenvalue weighted by molar-refractivity contribution is -0.135. The van der Waals surface area contributed by atoms with Crippen LogP contribution in [-0.4, -0.2) is 96.2 Å². The van der Waals surface area contributed by atoms with E-state index in [-0.39, 0.29) is 30.7 Å². The Morgan fingerprint density at radius 2 is 1.77 bits per heavy atom. The first kappa shape index (κ1) is 30.5. The largest absolute Gasteiger partial charge is 0.493 e. The molecular formula is C28H40N6O6. The molecule has 2 heterocycles. The van der Waals surface area contributed by atoms with Crippen molar-refractivity contribution in [2.75, 3.05) is 46.9 Å². The predicted molar refractivity (Wildman–Crippen MR) is 148 cm³/mol. The molecule has 2 bridgehead atoms. The quantitative estimate of drug-likeness (QED) is 0.567. The van der Waals surface area contributed by atoms with Crippen LogP contribution in [-0.2, 0) is 27.9 Å². The smallest absolute Gasteiger partial charge is 0.272 e. The topological polar surface area (TPSA) is 135 Å². The first-order chi connectivity index (χ1) is 19.2. The van der Waals surface area contributed by atoms with Crippen molar-refractivity contribution in [3.63, 3.8) is 0 Å². The second-order valence-corrected chi connectivity index (χ2v) is 9.87. The van der Waals surface area contributed by atoms with Crippen LogP contribution in [0.3, 0.4) is 0 Å². The fraction of sp³-hybridized carbons (Fsp3) is 0.536. The van der Waals surface area contributed by atoms with Crippen LogP contribution in [0.2, 0.25) is 0 Å². The third-order valence-electron chi connectivity index (χ3n) is 6.78. The SMILES string of the molecule is COc1ccc2cc1OCC(=O)N[C@@H](C)C(=O)N(C)CCCCN(C(=O)c1ccnn1C)CCCNC(=O)CC2. The number of fused-ring (bicyclic) bond motifs is 2. The molecule has 0 radical (unpaired) electrons. The number of likely N-dealkylation sites (N-methyl/N-ethyl adjacent to an activating group) is 1. The maximum Gasteiger partial charge on any atom is 0.272 e. The normalized spacial score (nSPS) is 19.0. The molecule has 40 heavy (non-hydrogen) atoms. The first-order valence-corrected chi connectivity index (χ1v) is 13.6. The van der Waals surface area contributed by atoms with E-state index < -0.39 is 11.9 Å². The zero-order chi connectivity index (χ0) is 29.1. The zero-order valence-electron chi connectivity index (χ0n) is 23.8. The number of nitrogens with one attached hydrogen (secondary N) is 2. The molecular weight excluding hydrogens is 516 g/mol. The van der Waals surface area contributed by atoms with E-state index in [1.54, 1.807) is 59.9 Å². The summed E-state index contributed by atoms with van der Waals surface area (Å²) in [7, 11) is 4.92. The Morgan fingerprint density at radius 3 is 2.50 bits per heavy atom. The lowest BCUT2D eigenvalue weighted by Gasteiger charge is -2.25. The molecule has 2 aromatic rings. The molecule has 0 saturated carbocycles. The minimum absolute atomic E-state index is 0.0917. The molecule has 218 valence electrons. The minimum atomic E-state index is -0.728. The van der Waals surface area contributed by atoms with Gasteiger partial charge in [0.1, 0.15) is 11.7 Å². The van der Waals surface area contributed by atoms with E-state index in [1.165, 1.54) is 7.11 Å². The number of hydrogen-bond donors (Lipinski definition) is 2. The predicted octanol–water partition coefficient (Wildman–Crippen LogP) is 1.15. The standard InChI is InChI=1S/C28H40N6O6/c1-20-27(37)32(2)15-5-6-16-34(28(38)22-12-14-30-33(22)3)17-7-13-29-25(35)11-9-21-8-10-23(39-4)24(18-21)40-19-26(36)31-20/h8,10,12,14,18,20H,5-7,9,11,13,15-17,19H2,1-4H3,(H,29,35)(H,31,36)/t20-/m0/s1. The summed E-state index contributed by atoms with van der Waals surface area (Å²) in [4.78, 5) is 54.3. The van der Waals surface area contributed by atoms with Gasteiger partial charge in [0.15, 0.2) is 18.1 Å². The van der Waals surface area contributed by atoms with Gasteiger partial charge in [0, 0.05) is 52.9 Å². The first-order valence-electron chi connectivity index (χ1n) is 13.6. The van der Waals surface area contributed by atoms with E-state index in [4.69, 9.17) is 9.47 Å². The van der Waals surface area contributed by atoms with Gasteiger partial charge in [-0.3, -0.25) is 23.9 Å². The summed E-state index contributed by atoms with van der Waals surface area (Å²) in [5.74, 6) is -0.0252. The molecule has 4 amide bonds. The van der Waals surface area contributed by atoms with Crippen LogP contribution in [0, 0.1) is 0 Å². The number of nitrogens with zero attached hydrogens (tertiary/aromatic N) is 4. The summed E-state index contributed by atoms with van der Waals surface area (Å²) < 4.78 is 12.6. The summed E-state index contributed by atoms with van der Waals surface area (Å²) in [6.07, 6.45) is 4.29. The van der Waals surface area contributed by atoms with Gasteiger partial charge in [0.2, 0.25) is 11.8 Å². The highest BCUT2D eigenvalue weighted by atomic mass is 16.5. The average Bonchev–Trinajstić information content (AvgIpc) is 3.38. The molecule has 0 fully saturated rings. The zero-order valence-corrected chi connectivity index (χ0v) is 23.8. The molecule has 1 aliphatic rings. The van der Waals surface area contributed by atoms with Crippen molar-refractivity contribution in [3.8, 4) is 11.5 Å². The number of carbonyl (C=O) groups excluding carboxylic acids is 4. The van der Waals surface area contributed by atoms with E-state index in [0.29, 0.717) is 69.1 Å². The fourth-order valence-corrected chi connectivity index (χ4v) is 4.47. The monoisotopic (exact) mass is 556 g/mol. The molecule has 3 rings (SSSR count). The maximum atomic E-state index is 13.2. The summed E-state index contributed by atoms with van der Waals surface area (Å²) in [5.41, 5.74) is 1.34. The molecule has 0 saturated heterocycles. The Morgan fingerprint density at radius 1 is 1.02 bits per heavy atom. The van der Waals surface area contributed by atoms with Crippen molar-refractivity contribution in [1.29, 1.82) is 0 Å². The van der Waals surface area contributed by atoms with Gasteiger partial charge in [0.25, 0.3) is 11.8 Å². The van der Waals surface area contributed by atoms with Gasteiger partial charge in [-0.2, -0.15) is 5.10 Å². The second kappa shape index (κ2) is 14.9. The number of aromatic nitrogens is 2. The van der Waals surface area contributed by atoms with Crippen LogP contribution in [0.25, 0.3) is 0 Å². The summed E-state index contributed by atoms with van der Waals surface area (Å²) in [5, 5.41) is 9.71. The van der Waals surface area contributed by atoms with Crippen molar-refractivity contribution < 1.29 is 28.7 Å². The minimum Gasteiger partial charge on any atom is -0.493 e. The third-order valence-corrected chi connectivity index (χ3v) is 6.78. The van der Waals surface area contributed by atoms with Gasteiger partial charge in [-0.25, -0.2) is 0 Å². The fourth-order valence-electron chi connectivity index (χ4n) is 4.47. The number of aryl methyl sites for hydroxylation is 2. The molecule has 1 aromatic heterocycles. The van der Waals surface area contributed by atoms with Crippen LogP contribution in [0.4, 0.5) is 0 Å². The molecule has 1 atom stereocenters. The van der Waals surface area contributed by atoms with Crippen LogP contribution in [0.15, 0.2) is 30.5 Å². The highest BCUT2D eigenvalue weighted by molar-refractivity contribution is 5.92. The molecule has 0 aliphatic carbocycles. The van der Waals surface area contributed by atoms with Gasteiger partial charge in [-0.05, 0) is 56.4 Å². The Kier molecular flexibility index (Phi) is 11.3. The number of hydrogen-bond acceptors (Lipinski definition) is 7. The van der Waals surface area contributed by atoms with Crippen LogP contribution < -0.4 is 20.1 Å². The van der Waals surface area contributed by atoms with Crippen molar-refractivity contribution >= 4 is 23.6 Å². The summed E-state index contributed by atoms with van der Waals surface area (Å²) in [6.45, 7) is 3.24. The number of benzene rings is 1. The Bertz CT molecular complexity index is 1180. The van der Waals surface area contributed by atoms with Crippen molar-refractivity contribution in [2.45, 2.75) is 45.1 Å². The molecule has 1 aliphatic heterocycles. The third kappa shape index (κ3) is 8.72. The lowest BCUT2D eigenvalue weighted by Crippen LogP contribution is -2.47.